The van der Waals surface area contributed by atoms with Gasteiger partial charge in [0.1, 0.15) is 16.6 Å². The van der Waals surface area contributed by atoms with Crippen LogP contribution in [0.2, 0.25) is 0 Å². The monoisotopic (exact) mass is 292 g/mol. The predicted molar refractivity (Wildman–Crippen MR) is 80.9 cm³/mol. The third-order valence-corrected chi connectivity index (χ3v) is 3.07. The van der Waals surface area contributed by atoms with Gasteiger partial charge in [0.25, 0.3) is 0 Å². The third-order valence-electron chi connectivity index (χ3n) is 2.83. The Kier molecular flexibility index (Phi) is 4.63. The number of thiocarbonyl (C=S) groups is 1. The second-order valence-electron chi connectivity index (χ2n) is 4.40. The van der Waals surface area contributed by atoms with E-state index in [9.17, 15) is 8.78 Å². The quantitative estimate of drug-likeness (QED) is 0.831. The summed E-state index contributed by atoms with van der Waals surface area (Å²) in [7, 11) is 0. The van der Waals surface area contributed by atoms with Crippen LogP contribution in [-0.4, -0.2) is 11.5 Å². The van der Waals surface area contributed by atoms with Crippen LogP contribution in [0.3, 0.4) is 0 Å². The summed E-state index contributed by atoms with van der Waals surface area (Å²) >= 11 is 4.87. The summed E-state index contributed by atoms with van der Waals surface area (Å²) in [5, 5.41) is 3.17. The maximum Gasteiger partial charge on any atom is 0.126 e. The smallest absolute Gasteiger partial charge is 0.126 e. The van der Waals surface area contributed by atoms with Crippen molar-refractivity contribution >= 4 is 22.9 Å². The van der Waals surface area contributed by atoms with Crippen molar-refractivity contribution in [1.82, 2.24) is 0 Å². The van der Waals surface area contributed by atoms with E-state index in [4.69, 9.17) is 18.0 Å². The fourth-order valence-corrected chi connectivity index (χ4v) is 1.99. The molecule has 3 N–H and O–H groups in total. The zero-order valence-corrected chi connectivity index (χ0v) is 11.5. The lowest BCUT2D eigenvalue weighted by molar-refractivity contribution is 0.580. The van der Waals surface area contributed by atoms with Crippen LogP contribution >= 0.6 is 12.2 Å². The molecule has 0 bridgehead atoms. The van der Waals surface area contributed by atoms with Gasteiger partial charge in [-0.2, -0.15) is 0 Å². The molecule has 0 radical (unpaired) electrons. The number of nitrogens with two attached hydrogens (primary N) is 1. The molecule has 0 aliphatic carbocycles. The van der Waals surface area contributed by atoms with Gasteiger partial charge in [-0.05, 0) is 48.4 Å². The molecule has 0 amide bonds. The van der Waals surface area contributed by atoms with Crippen LogP contribution in [0.15, 0.2) is 42.5 Å². The normalized spacial score (nSPS) is 10.3. The molecule has 2 nitrogen and oxygen atoms in total. The van der Waals surface area contributed by atoms with Crippen LogP contribution in [0.25, 0.3) is 0 Å². The second-order valence-corrected chi connectivity index (χ2v) is 4.84. The van der Waals surface area contributed by atoms with Gasteiger partial charge in [-0.15, -0.1) is 0 Å². The lowest BCUT2D eigenvalue weighted by atomic mass is 10.1. The lowest BCUT2D eigenvalue weighted by Gasteiger charge is -2.07. The van der Waals surface area contributed by atoms with Gasteiger partial charge in [0.05, 0.1) is 0 Å². The molecule has 0 heterocycles. The SMILES string of the molecule is NC(=S)c1ccc(NCCc2cc(F)cc(F)c2)cc1. The number of halogens is 2. The highest BCUT2D eigenvalue weighted by Gasteiger charge is 2.01. The molecule has 0 aromatic heterocycles. The Morgan fingerprint density at radius 2 is 1.65 bits per heavy atom. The maximum atomic E-state index is 13.0. The summed E-state index contributed by atoms with van der Waals surface area (Å²) in [6, 6.07) is 10.9. The number of nitrogens with one attached hydrogen (secondary N) is 1. The third kappa shape index (κ3) is 3.99. The molecule has 0 aliphatic rings. The van der Waals surface area contributed by atoms with Crippen LogP contribution in [-0.2, 0) is 6.42 Å². The van der Waals surface area contributed by atoms with Gasteiger partial charge < -0.3 is 11.1 Å². The van der Waals surface area contributed by atoms with E-state index in [0.717, 1.165) is 17.3 Å². The van der Waals surface area contributed by atoms with Crippen LogP contribution in [0.4, 0.5) is 14.5 Å². The largest absolute Gasteiger partial charge is 0.389 e. The first-order valence-electron chi connectivity index (χ1n) is 6.13. The Morgan fingerprint density at radius 1 is 1.05 bits per heavy atom. The zero-order valence-electron chi connectivity index (χ0n) is 10.7. The topological polar surface area (TPSA) is 38.0 Å². The van der Waals surface area contributed by atoms with Crippen molar-refractivity contribution in [2.24, 2.45) is 5.73 Å². The number of rotatable bonds is 5. The molecular formula is C15H14F2N2S. The second kappa shape index (κ2) is 6.43. The van der Waals surface area contributed by atoms with Crippen LogP contribution < -0.4 is 11.1 Å². The van der Waals surface area contributed by atoms with Crippen LogP contribution in [0, 0.1) is 11.6 Å². The number of anilines is 1. The van der Waals surface area contributed by atoms with Crippen molar-refractivity contribution in [3.05, 3.63) is 65.2 Å². The average Bonchev–Trinajstić information content (AvgIpc) is 2.38. The van der Waals surface area contributed by atoms with Gasteiger partial charge in [0.2, 0.25) is 0 Å². The van der Waals surface area contributed by atoms with E-state index in [1.807, 2.05) is 24.3 Å². The molecule has 2 aromatic carbocycles. The summed E-state index contributed by atoms with van der Waals surface area (Å²) in [5.41, 5.74) is 7.84. The molecule has 0 saturated carbocycles. The van der Waals surface area contributed by atoms with Gasteiger partial charge in [0.15, 0.2) is 0 Å². The first-order chi connectivity index (χ1) is 9.54. The highest BCUT2D eigenvalue weighted by atomic mass is 32.1. The highest BCUT2D eigenvalue weighted by molar-refractivity contribution is 7.80. The Bertz CT molecular complexity index is 592. The van der Waals surface area contributed by atoms with Crippen LogP contribution in [0.1, 0.15) is 11.1 Å². The van der Waals surface area contributed by atoms with Crippen molar-refractivity contribution in [3.8, 4) is 0 Å². The highest BCUT2D eigenvalue weighted by Crippen LogP contribution is 2.11. The van der Waals surface area contributed by atoms with Crippen molar-refractivity contribution < 1.29 is 8.78 Å². The van der Waals surface area contributed by atoms with Gasteiger partial charge in [0, 0.05) is 23.9 Å². The summed E-state index contributed by atoms with van der Waals surface area (Å²) in [4.78, 5) is 0.354. The molecule has 0 fully saturated rings. The van der Waals surface area contributed by atoms with E-state index in [-0.39, 0.29) is 0 Å². The van der Waals surface area contributed by atoms with E-state index in [1.54, 1.807) is 0 Å². The van der Waals surface area contributed by atoms with Crippen LogP contribution in [0.5, 0.6) is 0 Å². The van der Waals surface area contributed by atoms with Gasteiger partial charge in [-0.1, -0.05) is 12.2 Å². The fourth-order valence-electron chi connectivity index (χ4n) is 1.86. The maximum absolute atomic E-state index is 13.0. The molecule has 104 valence electrons. The molecular weight excluding hydrogens is 278 g/mol. The van der Waals surface area contributed by atoms with E-state index in [2.05, 4.69) is 5.32 Å². The molecule has 0 atom stereocenters. The summed E-state index contributed by atoms with van der Waals surface area (Å²) in [5.74, 6) is -1.11. The van der Waals surface area contributed by atoms with E-state index >= 15 is 0 Å². The first-order valence-corrected chi connectivity index (χ1v) is 6.54. The fraction of sp³-hybridized carbons (Fsp3) is 0.133. The summed E-state index contributed by atoms with van der Waals surface area (Å²) in [6.07, 6.45) is 0.533. The number of hydrogen-bond donors (Lipinski definition) is 2. The Hall–Kier alpha value is -2.01. The standard InChI is InChI=1S/C15H14F2N2S/c16-12-7-10(8-13(17)9-12)5-6-19-14-3-1-11(2-4-14)15(18)20/h1-4,7-9,19H,5-6H2,(H2,18,20). The average molecular weight is 292 g/mol. The van der Waals surface area contributed by atoms with Crippen molar-refractivity contribution in [2.45, 2.75) is 6.42 Å². The van der Waals surface area contributed by atoms with Gasteiger partial charge in [-0.25, -0.2) is 8.78 Å². The minimum Gasteiger partial charge on any atom is -0.389 e. The van der Waals surface area contributed by atoms with Gasteiger partial charge >= 0.3 is 0 Å². The van der Waals surface area contributed by atoms with Gasteiger partial charge in [-0.3, -0.25) is 0 Å². The van der Waals surface area contributed by atoms with E-state index < -0.39 is 11.6 Å². The summed E-state index contributed by atoms with van der Waals surface area (Å²) < 4.78 is 26.0. The molecule has 2 aromatic rings. The Labute approximate surface area is 121 Å². The number of hydrogen-bond acceptors (Lipinski definition) is 2. The molecule has 0 spiro atoms. The first kappa shape index (κ1) is 14.4. The Balaban J connectivity index is 1.90. The minimum atomic E-state index is -0.555. The van der Waals surface area contributed by atoms with Crippen molar-refractivity contribution in [3.63, 3.8) is 0 Å². The molecule has 5 heteroatoms. The molecule has 0 unspecified atom stereocenters. The van der Waals surface area contributed by atoms with E-state index in [1.165, 1.54) is 12.1 Å². The minimum absolute atomic E-state index is 0.354. The molecule has 0 aliphatic heterocycles. The van der Waals surface area contributed by atoms with E-state index in [0.29, 0.717) is 23.5 Å². The molecule has 2 rings (SSSR count). The van der Waals surface area contributed by atoms with Crippen molar-refractivity contribution in [2.75, 3.05) is 11.9 Å². The predicted octanol–water partition coefficient (Wildman–Crippen LogP) is 3.25. The number of benzene rings is 2. The zero-order chi connectivity index (χ0) is 14.5. The lowest BCUT2D eigenvalue weighted by Crippen LogP contribution is -2.09. The Morgan fingerprint density at radius 3 is 2.20 bits per heavy atom. The molecule has 20 heavy (non-hydrogen) atoms. The summed E-state index contributed by atoms with van der Waals surface area (Å²) in [6.45, 7) is 0.579. The molecule has 0 saturated heterocycles. The van der Waals surface area contributed by atoms with Crippen molar-refractivity contribution in [1.29, 1.82) is 0 Å².